The molecule has 0 radical (unpaired) electrons. The zero-order chi connectivity index (χ0) is 13.1. The van der Waals surface area contributed by atoms with Crippen molar-refractivity contribution >= 4 is 11.4 Å². The first kappa shape index (κ1) is 12.4. The van der Waals surface area contributed by atoms with E-state index >= 15 is 0 Å². The number of anilines is 2. The molecule has 4 heteroatoms. The Bertz CT molecular complexity index is 568. The monoisotopic (exact) mass is 248 g/mol. The third-order valence-electron chi connectivity index (χ3n) is 2.76. The lowest BCUT2D eigenvalue weighted by atomic mass is 10.1. The maximum absolute atomic E-state index is 13.2. The number of nitrogens with two attached hydrogens (primary N) is 1. The van der Waals surface area contributed by atoms with Gasteiger partial charge in [0.2, 0.25) is 0 Å². The molecule has 0 bridgehead atoms. The number of nitrogen functional groups attached to an aromatic ring is 1. The van der Waals surface area contributed by atoms with Crippen LogP contribution in [0, 0.1) is 18.6 Å². The summed E-state index contributed by atoms with van der Waals surface area (Å²) >= 11 is 0. The van der Waals surface area contributed by atoms with Gasteiger partial charge in [0.1, 0.15) is 11.6 Å². The number of benzene rings is 2. The Morgan fingerprint density at radius 3 is 2.61 bits per heavy atom. The van der Waals surface area contributed by atoms with Crippen LogP contribution >= 0.6 is 0 Å². The second kappa shape index (κ2) is 5.04. The average Bonchev–Trinajstić information content (AvgIpc) is 2.35. The molecule has 0 atom stereocenters. The van der Waals surface area contributed by atoms with Crippen molar-refractivity contribution in [1.29, 1.82) is 0 Å². The predicted octanol–water partition coefficient (Wildman–Crippen LogP) is 3.47. The lowest BCUT2D eigenvalue weighted by Crippen LogP contribution is -2.04. The zero-order valence-corrected chi connectivity index (χ0v) is 10.0. The Morgan fingerprint density at radius 2 is 1.89 bits per heavy atom. The summed E-state index contributed by atoms with van der Waals surface area (Å²) in [6, 6.07) is 9.45. The fourth-order valence-corrected chi connectivity index (χ4v) is 1.71. The van der Waals surface area contributed by atoms with Crippen molar-refractivity contribution in [1.82, 2.24) is 0 Å². The summed E-state index contributed by atoms with van der Waals surface area (Å²) in [5.41, 5.74) is 7.74. The topological polar surface area (TPSA) is 38.0 Å². The van der Waals surface area contributed by atoms with Crippen LogP contribution in [0.25, 0.3) is 0 Å². The van der Waals surface area contributed by atoms with E-state index in [1.807, 2.05) is 0 Å². The van der Waals surface area contributed by atoms with E-state index in [0.717, 1.165) is 5.56 Å². The van der Waals surface area contributed by atoms with Gasteiger partial charge in [-0.3, -0.25) is 0 Å². The van der Waals surface area contributed by atoms with Crippen molar-refractivity contribution in [3.8, 4) is 0 Å². The molecule has 94 valence electrons. The van der Waals surface area contributed by atoms with Crippen LogP contribution in [-0.2, 0) is 6.54 Å². The van der Waals surface area contributed by atoms with Gasteiger partial charge in [-0.1, -0.05) is 18.2 Å². The number of hydrogen-bond donors (Lipinski definition) is 2. The number of rotatable bonds is 3. The van der Waals surface area contributed by atoms with Gasteiger partial charge in [-0.15, -0.1) is 0 Å². The minimum absolute atomic E-state index is 0.0938. The third kappa shape index (κ3) is 2.59. The summed E-state index contributed by atoms with van der Waals surface area (Å²) in [7, 11) is 0. The van der Waals surface area contributed by atoms with Gasteiger partial charge in [-0.25, -0.2) is 8.78 Å². The zero-order valence-electron chi connectivity index (χ0n) is 10.0. The second-order valence-electron chi connectivity index (χ2n) is 4.14. The number of nitrogens with one attached hydrogen (secondary N) is 1. The summed E-state index contributed by atoms with van der Waals surface area (Å²) in [5.74, 6) is -0.681. The molecule has 2 nitrogen and oxygen atoms in total. The molecule has 0 unspecified atom stereocenters. The highest BCUT2D eigenvalue weighted by Gasteiger charge is 2.04. The van der Waals surface area contributed by atoms with Crippen molar-refractivity contribution in [3.05, 3.63) is 59.2 Å². The van der Waals surface area contributed by atoms with Crippen molar-refractivity contribution in [3.63, 3.8) is 0 Å². The summed E-state index contributed by atoms with van der Waals surface area (Å²) < 4.78 is 26.3. The van der Waals surface area contributed by atoms with Gasteiger partial charge in [0, 0.05) is 6.54 Å². The molecule has 18 heavy (non-hydrogen) atoms. The van der Waals surface area contributed by atoms with Gasteiger partial charge in [-0.2, -0.15) is 0 Å². The minimum atomic E-state index is -0.449. The average molecular weight is 248 g/mol. The highest BCUT2D eigenvalue weighted by Crippen LogP contribution is 2.22. The summed E-state index contributed by atoms with van der Waals surface area (Å²) in [6.45, 7) is 2.17. The number of hydrogen-bond acceptors (Lipinski definition) is 2. The van der Waals surface area contributed by atoms with E-state index in [0.29, 0.717) is 17.8 Å². The van der Waals surface area contributed by atoms with Gasteiger partial charge in [0.15, 0.2) is 0 Å². The molecule has 0 saturated heterocycles. The second-order valence-corrected chi connectivity index (χ2v) is 4.14. The molecule has 2 aromatic carbocycles. The van der Waals surface area contributed by atoms with Gasteiger partial charge in [0.05, 0.1) is 11.4 Å². The molecule has 0 heterocycles. The maximum Gasteiger partial charge on any atom is 0.148 e. The van der Waals surface area contributed by atoms with Crippen LogP contribution in [0.5, 0.6) is 0 Å². The van der Waals surface area contributed by atoms with E-state index in [9.17, 15) is 8.78 Å². The fraction of sp³-hybridized carbons (Fsp3) is 0.143. The highest BCUT2D eigenvalue weighted by molar-refractivity contribution is 5.66. The largest absolute Gasteiger partial charge is 0.395 e. The minimum Gasteiger partial charge on any atom is -0.395 e. The summed E-state index contributed by atoms with van der Waals surface area (Å²) in [6.07, 6.45) is 0. The highest BCUT2D eigenvalue weighted by atomic mass is 19.1. The molecule has 0 aliphatic rings. The summed E-state index contributed by atoms with van der Waals surface area (Å²) in [5, 5.41) is 3.03. The van der Waals surface area contributed by atoms with Gasteiger partial charge < -0.3 is 11.1 Å². The molecular weight excluding hydrogens is 234 g/mol. The molecule has 0 amide bonds. The van der Waals surface area contributed by atoms with E-state index in [-0.39, 0.29) is 11.5 Å². The van der Waals surface area contributed by atoms with Crippen LogP contribution in [0.3, 0.4) is 0 Å². The molecule has 0 spiro atoms. The number of halogens is 2. The van der Waals surface area contributed by atoms with Crippen LogP contribution in [0.4, 0.5) is 20.2 Å². The Morgan fingerprint density at radius 1 is 1.11 bits per heavy atom. The first-order chi connectivity index (χ1) is 8.58. The lowest BCUT2D eigenvalue weighted by Gasteiger charge is -2.10. The molecular formula is C14H14F2N2. The van der Waals surface area contributed by atoms with Crippen LogP contribution in [0.15, 0.2) is 36.4 Å². The van der Waals surface area contributed by atoms with E-state index in [4.69, 9.17) is 5.73 Å². The van der Waals surface area contributed by atoms with Crippen molar-refractivity contribution in [2.24, 2.45) is 0 Å². The first-order valence-electron chi connectivity index (χ1n) is 5.61. The van der Waals surface area contributed by atoms with E-state index < -0.39 is 5.82 Å². The smallest absolute Gasteiger partial charge is 0.148 e. The lowest BCUT2D eigenvalue weighted by molar-refractivity contribution is 0.617. The van der Waals surface area contributed by atoms with Gasteiger partial charge in [0.25, 0.3) is 0 Å². The van der Waals surface area contributed by atoms with E-state index in [1.165, 1.54) is 12.1 Å². The van der Waals surface area contributed by atoms with Crippen molar-refractivity contribution in [2.75, 3.05) is 11.1 Å². The standard InChI is InChI=1S/C14H14F2N2/c1-9-7-10(5-6-11(9)15)8-18-13-4-2-3-12(16)14(13)17/h2-7,18H,8,17H2,1H3. The fourth-order valence-electron chi connectivity index (χ4n) is 1.71. The number of aryl methyl sites for hydroxylation is 1. The Hall–Kier alpha value is -2.10. The van der Waals surface area contributed by atoms with Crippen LogP contribution in [-0.4, -0.2) is 0 Å². The van der Waals surface area contributed by atoms with Crippen molar-refractivity contribution < 1.29 is 8.78 Å². The SMILES string of the molecule is Cc1cc(CNc2cccc(F)c2N)ccc1F. The Balaban J connectivity index is 2.11. The molecule has 0 fully saturated rings. The Kier molecular flexibility index (Phi) is 3.46. The Labute approximate surface area is 104 Å². The predicted molar refractivity (Wildman–Crippen MR) is 69.3 cm³/mol. The third-order valence-corrected chi connectivity index (χ3v) is 2.76. The molecule has 0 saturated carbocycles. The molecule has 3 N–H and O–H groups in total. The van der Waals surface area contributed by atoms with Gasteiger partial charge >= 0.3 is 0 Å². The van der Waals surface area contributed by atoms with Crippen LogP contribution in [0.1, 0.15) is 11.1 Å². The molecule has 0 aliphatic carbocycles. The van der Waals surface area contributed by atoms with E-state index in [1.54, 1.807) is 31.2 Å². The molecule has 0 aromatic heterocycles. The maximum atomic E-state index is 13.2. The number of para-hydroxylation sites is 1. The quantitative estimate of drug-likeness (QED) is 0.816. The normalized spacial score (nSPS) is 10.4. The first-order valence-corrected chi connectivity index (χ1v) is 5.61. The van der Waals surface area contributed by atoms with Crippen molar-refractivity contribution in [2.45, 2.75) is 13.5 Å². The molecule has 0 aliphatic heterocycles. The van der Waals surface area contributed by atoms with E-state index in [2.05, 4.69) is 5.32 Å². The summed E-state index contributed by atoms with van der Waals surface area (Å²) in [4.78, 5) is 0. The van der Waals surface area contributed by atoms with Crippen LogP contribution in [0.2, 0.25) is 0 Å². The molecule has 2 rings (SSSR count). The van der Waals surface area contributed by atoms with Gasteiger partial charge in [-0.05, 0) is 36.2 Å². The van der Waals surface area contributed by atoms with Crippen LogP contribution < -0.4 is 11.1 Å². The molecule has 2 aromatic rings.